The normalized spacial score (nSPS) is 19.6. The number of nitrogens with zero attached hydrogens (tertiary/aromatic N) is 5. The second kappa shape index (κ2) is 8.97. The third-order valence-corrected chi connectivity index (χ3v) is 5.20. The van der Waals surface area contributed by atoms with Crippen LogP contribution in [0.15, 0.2) is 36.9 Å². The van der Waals surface area contributed by atoms with Crippen molar-refractivity contribution in [3.63, 3.8) is 0 Å². The van der Waals surface area contributed by atoms with Crippen LogP contribution in [0.2, 0.25) is 0 Å². The molecule has 3 heterocycles. The van der Waals surface area contributed by atoms with Gasteiger partial charge in [0, 0.05) is 30.8 Å². The first-order valence-corrected chi connectivity index (χ1v) is 10.2. The molecule has 2 N–H and O–H groups in total. The van der Waals surface area contributed by atoms with Crippen molar-refractivity contribution in [2.24, 2.45) is 0 Å². The molecule has 3 aromatic rings. The molecule has 1 amide bonds. The van der Waals surface area contributed by atoms with Crippen molar-refractivity contribution in [1.29, 1.82) is 0 Å². The Morgan fingerprint density at radius 1 is 1.25 bits per heavy atom. The number of imidazole rings is 1. The van der Waals surface area contributed by atoms with Crippen LogP contribution in [0.3, 0.4) is 0 Å². The number of nitrogens with one attached hydrogen (secondary N) is 2. The van der Waals surface area contributed by atoms with Crippen molar-refractivity contribution in [2.45, 2.75) is 56.8 Å². The van der Waals surface area contributed by atoms with Crippen LogP contribution in [0.1, 0.15) is 44.1 Å². The molecule has 3 atom stereocenters. The maximum Gasteiger partial charge on any atom is 0.407 e. The highest BCUT2D eigenvalue weighted by Gasteiger charge is 2.32. The fourth-order valence-corrected chi connectivity index (χ4v) is 3.74. The molecule has 0 spiro atoms. The molecule has 1 saturated carbocycles. The van der Waals surface area contributed by atoms with Gasteiger partial charge in [0.15, 0.2) is 11.5 Å². The zero-order valence-electron chi connectivity index (χ0n) is 17.2. The molecule has 0 aromatic carbocycles. The number of hydrogen-bond acceptors (Lipinski definition) is 7. The molecule has 3 aromatic heterocycles. The molecule has 0 radical (unpaired) electrons. The molecule has 2 unspecified atom stereocenters. The van der Waals surface area contributed by atoms with Crippen LogP contribution < -0.4 is 10.6 Å². The van der Waals surface area contributed by atoms with Crippen molar-refractivity contribution >= 4 is 23.5 Å². The lowest BCUT2D eigenvalue weighted by molar-refractivity contribution is -0.138. The number of anilines is 2. The van der Waals surface area contributed by atoms with Crippen LogP contribution in [0, 0.1) is 0 Å². The molecule has 0 bridgehead atoms. The monoisotopic (exact) mass is 449 g/mol. The molecule has 1 fully saturated rings. The third kappa shape index (κ3) is 5.62. The SMILES string of the molecule is C[C@@H](CC(F)(F)F)NC(=O)OC1CCC(c2cnc(Nc3ccc4nccn4n3)nc2)C1. The highest BCUT2D eigenvalue weighted by Crippen LogP contribution is 2.35. The molecule has 0 saturated heterocycles. The molecule has 4 rings (SSSR count). The average molecular weight is 449 g/mol. The van der Waals surface area contributed by atoms with E-state index in [2.05, 4.69) is 30.7 Å². The van der Waals surface area contributed by atoms with E-state index < -0.39 is 24.7 Å². The average Bonchev–Trinajstić information content (AvgIpc) is 3.36. The van der Waals surface area contributed by atoms with Gasteiger partial charge in [-0.15, -0.1) is 5.10 Å². The number of ether oxygens (including phenoxy) is 1. The predicted octanol–water partition coefficient (Wildman–Crippen LogP) is 3.97. The molecular weight excluding hydrogens is 427 g/mol. The Kier molecular flexibility index (Phi) is 6.10. The summed E-state index contributed by atoms with van der Waals surface area (Å²) in [6.07, 6.45) is 2.15. The van der Waals surface area contributed by atoms with Gasteiger partial charge in [-0.2, -0.15) is 13.2 Å². The van der Waals surface area contributed by atoms with Crippen LogP contribution in [0.5, 0.6) is 0 Å². The molecule has 12 heteroatoms. The van der Waals surface area contributed by atoms with E-state index in [0.29, 0.717) is 24.6 Å². The van der Waals surface area contributed by atoms with Gasteiger partial charge in [-0.05, 0) is 49.8 Å². The number of aromatic nitrogens is 5. The van der Waals surface area contributed by atoms with Gasteiger partial charge in [-0.1, -0.05) is 0 Å². The zero-order valence-corrected chi connectivity index (χ0v) is 17.2. The fourth-order valence-electron chi connectivity index (χ4n) is 3.74. The number of fused-ring (bicyclic) bond motifs is 1. The molecule has 32 heavy (non-hydrogen) atoms. The van der Waals surface area contributed by atoms with Crippen molar-refractivity contribution in [2.75, 3.05) is 5.32 Å². The van der Waals surface area contributed by atoms with E-state index in [-0.39, 0.29) is 12.0 Å². The van der Waals surface area contributed by atoms with Crippen LogP contribution >= 0.6 is 0 Å². The van der Waals surface area contributed by atoms with Crippen LogP contribution in [0.4, 0.5) is 29.7 Å². The van der Waals surface area contributed by atoms with E-state index in [1.165, 1.54) is 6.92 Å². The summed E-state index contributed by atoms with van der Waals surface area (Å²) in [6.45, 7) is 1.29. The summed E-state index contributed by atoms with van der Waals surface area (Å²) in [5, 5.41) is 9.62. The van der Waals surface area contributed by atoms with Gasteiger partial charge in [-0.25, -0.2) is 24.3 Å². The molecular formula is C20H22F3N7O2. The Labute approximate surface area is 181 Å². The minimum atomic E-state index is -4.34. The van der Waals surface area contributed by atoms with Crippen LogP contribution in [-0.4, -0.2) is 49.0 Å². The van der Waals surface area contributed by atoms with Gasteiger partial charge in [0.1, 0.15) is 6.10 Å². The van der Waals surface area contributed by atoms with Gasteiger partial charge in [0.2, 0.25) is 5.95 Å². The van der Waals surface area contributed by atoms with E-state index in [1.807, 2.05) is 6.07 Å². The smallest absolute Gasteiger partial charge is 0.407 e. The molecule has 170 valence electrons. The van der Waals surface area contributed by atoms with E-state index in [9.17, 15) is 18.0 Å². The number of alkyl halides is 3. The number of hydrogen-bond donors (Lipinski definition) is 2. The van der Waals surface area contributed by atoms with Gasteiger partial charge >= 0.3 is 12.3 Å². The maximum atomic E-state index is 12.4. The summed E-state index contributed by atoms with van der Waals surface area (Å²) < 4.78 is 44.1. The molecule has 0 aliphatic heterocycles. The van der Waals surface area contributed by atoms with Gasteiger partial charge in [-0.3, -0.25) is 0 Å². The van der Waals surface area contributed by atoms with Gasteiger partial charge in [0.25, 0.3) is 0 Å². The maximum absolute atomic E-state index is 12.4. The van der Waals surface area contributed by atoms with E-state index in [1.54, 1.807) is 35.4 Å². The Bertz CT molecular complexity index is 1070. The number of alkyl carbamates (subject to hydrolysis) is 1. The number of amides is 1. The van der Waals surface area contributed by atoms with Crippen LogP contribution in [-0.2, 0) is 4.74 Å². The summed E-state index contributed by atoms with van der Waals surface area (Å²) in [7, 11) is 0. The number of rotatable bonds is 6. The minimum Gasteiger partial charge on any atom is -0.446 e. The fraction of sp³-hybridized carbons (Fsp3) is 0.450. The first-order chi connectivity index (χ1) is 15.2. The van der Waals surface area contributed by atoms with Crippen molar-refractivity contribution < 1.29 is 22.7 Å². The first kappa shape index (κ1) is 21.8. The van der Waals surface area contributed by atoms with Gasteiger partial charge < -0.3 is 15.4 Å². The standard InChI is InChI=1S/C20H22F3N7O2/c1-12(9-20(21,22)23)27-19(31)32-15-3-2-13(8-15)14-10-25-18(26-11-14)28-16-4-5-17-24-6-7-30(17)29-16/h4-7,10-13,15H,2-3,8-9H2,1H3,(H,27,31)(H,25,26,28,29)/t12-,13?,15?/m0/s1. The molecule has 1 aliphatic carbocycles. The largest absolute Gasteiger partial charge is 0.446 e. The highest BCUT2D eigenvalue weighted by molar-refractivity contribution is 5.67. The third-order valence-electron chi connectivity index (χ3n) is 5.20. The quantitative estimate of drug-likeness (QED) is 0.587. The summed E-state index contributed by atoms with van der Waals surface area (Å²) in [4.78, 5) is 24.7. The Hall–Kier alpha value is -3.44. The number of carbonyl (C=O) groups excluding carboxylic acids is 1. The zero-order chi connectivity index (χ0) is 22.7. The number of halogens is 3. The molecule has 9 nitrogen and oxygen atoms in total. The summed E-state index contributed by atoms with van der Waals surface area (Å²) in [6, 6.07) is 2.55. The lowest BCUT2D eigenvalue weighted by Crippen LogP contribution is -2.37. The second-order valence-corrected chi connectivity index (χ2v) is 7.82. The number of carbonyl (C=O) groups is 1. The molecule has 1 aliphatic rings. The first-order valence-electron chi connectivity index (χ1n) is 10.2. The summed E-state index contributed by atoms with van der Waals surface area (Å²) in [5.41, 5.74) is 1.64. The van der Waals surface area contributed by atoms with E-state index in [4.69, 9.17) is 4.74 Å². The van der Waals surface area contributed by atoms with Crippen molar-refractivity contribution in [3.05, 3.63) is 42.5 Å². The highest BCUT2D eigenvalue weighted by atomic mass is 19.4. The second-order valence-electron chi connectivity index (χ2n) is 7.82. The Morgan fingerprint density at radius 2 is 2.03 bits per heavy atom. The summed E-state index contributed by atoms with van der Waals surface area (Å²) >= 11 is 0. The summed E-state index contributed by atoms with van der Waals surface area (Å²) in [5.74, 6) is 1.07. The Morgan fingerprint density at radius 3 is 2.78 bits per heavy atom. The minimum absolute atomic E-state index is 0.106. The van der Waals surface area contributed by atoms with Crippen molar-refractivity contribution in [1.82, 2.24) is 29.9 Å². The topological polar surface area (TPSA) is 106 Å². The van der Waals surface area contributed by atoms with E-state index in [0.717, 1.165) is 17.6 Å². The Balaban J connectivity index is 1.28. The van der Waals surface area contributed by atoms with Crippen molar-refractivity contribution in [3.8, 4) is 0 Å². The lowest BCUT2D eigenvalue weighted by Gasteiger charge is -2.18. The van der Waals surface area contributed by atoms with E-state index >= 15 is 0 Å². The lowest BCUT2D eigenvalue weighted by atomic mass is 10.0. The van der Waals surface area contributed by atoms with Crippen LogP contribution in [0.25, 0.3) is 5.65 Å². The predicted molar refractivity (Wildman–Crippen MR) is 108 cm³/mol. The van der Waals surface area contributed by atoms with Gasteiger partial charge in [0.05, 0.1) is 6.42 Å².